The molecule has 0 saturated carbocycles. The Balaban J connectivity index is 1.55. The van der Waals surface area contributed by atoms with E-state index in [1.54, 1.807) is 10.7 Å². The summed E-state index contributed by atoms with van der Waals surface area (Å²) in [5.74, 6) is 1.32. The standard InChI is InChI=1S/C18H15ClN6OS/c1-11-6-5-7-12(2)16(11)25-18(22-23-24-25)27-10-15-20-21-17(26-15)13-8-3-4-9-14(13)19/h3-9H,10H2,1-2H3. The third-order valence-electron chi connectivity index (χ3n) is 3.99. The Morgan fingerprint density at radius 3 is 2.56 bits per heavy atom. The lowest BCUT2D eigenvalue weighted by Gasteiger charge is -2.10. The van der Waals surface area contributed by atoms with Crippen LogP contribution < -0.4 is 0 Å². The van der Waals surface area contributed by atoms with Crippen molar-refractivity contribution in [3.63, 3.8) is 0 Å². The fraction of sp³-hybridized carbons (Fsp3) is 0.167. The van der Waals surface area contributed by atoms with Crippen molar-refractivity contribution < 1.29 is 4.42 Å². The van der Waals surface area contributed by atoms with Crippen LogP contribution in [0.4, 0.5) is 0 Å². The summed E-state index contributed by atoms with van der Waals surface area (Å²) in [5.41, 5.74) is 3.89. The van der Waals surface area contributed by atoms with Gasteiger partial charge >= 0.3 is 0 Å². The molecule has 0 aliphatic rings. The average Bonchev–Trinajstić information content (AvgIpc) is 3.30. The first-order chi connectivity index (χ1) is 13.1. The second kappa shape index (κ2) is 7.50. The van der Waals surface area contributed by atoms with Crippen molar-refractivity contribution in [1.82, 2.24) is 30.4 Å². The van der Waals surface area contributed by atoms with Crippen LogP contribution >= 0.6 is 23.4 Å². The van der Waals surface area contributed by atoms with E-state index < -0.39 is 0 Å². The smallest absolute Gasteiger partial charge is 0.249 e. The normalized spacial score (nSPS) is 11.1. The maximum Gasteiger partial charge on any atom is 0.249 e. The van der Waals surface area contributed by atoms with Gasteiger partial charge in [0.1, 0.15) is 0 Å². The van der Waals surface area contributed by atoms with Crippen molar-refractivity contribution in [2.75, 3.05) is 0 Å². The zero-order chi connectivity index (χ0) is 18.8. The summed E-state index contributed by atoms with van der Waals surface area (Å²) in [7, 11) is 0. The largest absolute Gasteiger partial charge is 0.420 e. The quantitative estimate of drug-likeness (QED) is 0.464. The number of para-hydroxylation sites is 1. The number of halogens is 1. The number of benzene rings is 2. The molecule has 0 radical (unpaired) electrons. The lowest BCUT2D eigenvalue weighted by molar-refractivity contribution is 0.528. The minimum absolute atomic E-state index is 0.394. The molecule has 27 heavy (non-hydrogen) atoms. The van der Waals surface area contributed by atoms with Crippen molar-refractivity contribution >= 4 is 23.4 Å². The van der Waals surface area contributed by atoms with Gasteiger partial charge in [-0.05, 0) is 47.5 Å². The van der Waals surface area contributed by atoms with Crippen molar-refractivity contribution in [3.8, 4) is 17.1 Å². The summed E-state index contributed by atoms with van der Waals surface area (Å²) < 4.78 is 7.47. The minimum atomic E-state index is 0.394. The molecule has 0 aliphatic heterocycles. The van der Waals surface area contributed by atoms with Gasteiger partial charge in [-0.1, -0.05) is 53.7 Å². The van der Waals surface area contributed by atoms with E-state index in [1.807, 2.05) is 50.2 Å². The van der Waals surface area contributed by atoms with Gasteiger partial charge in [0.15, 0.2) is 0 Å². The first kappa shape index (κ1) is 17.7. The predicted octanol–water partition coefficient (Wildman–Crippen LogP) is 4.27. The maximum absolute atomic E-state index is 6.18. The maximum atomic E-state index is 6.18. The van der Waals surface area contributed by atoms with Crippen LogP contribution in [-0.4, -0.2) is 30.4 Å². The fourth-order valence-corrected chi connectivity index (χ4v) is 3.66. The molecule has 0 saturated heterocycles. The Morgan fingerprint density at radius 1 is 1.00 bits per heavy atom. The highest BCUT2D eigenvalue weighted by Gasteiger charge is 2.16. The second-order valence-electron chi connectivity index (χ2n) is 5.88. The summed E-state index contributed by atoms with van der Waals surface area (Å²) in [6, 6.07) is 13.4. The van der Waals surface area contributed by atoms with Crippen LogP contribution in [0.3, 0.4) is 0 Å². The molecule has 0 spiro atoms. The van der Waals surface area contributed by atoms with Gasteiger partial charge in [0.2, 0.25) is 16.9 Å². The van der Waals surface area contributed by atoms with E-state index in [-0.39, 0.29) is 0 Å². The SMILES string of the molecule is Cc1cccc(C)c1-n1nnnc1SCc1nnc(-c2ccccc2Cl)o1. The highest BCUT2D eigenvalue weighted by molar-refractivity contribution is 7.98. The predicted molar refractivity (Wildman–Crippen MR) is 103 cm³/mol. The molecule has 0 bridgehead atoms. The van der Waals surface area contributed by atoms with E-state index >= 15 is 0 Å². The molecule has 9 heteroatoms. The van der Waals surface area contributed by atoms with Crippen LogP contribution in [0.5, 0.6) is 0 Å². The molecule has 2 aromatic carbocycles. The number of rotatable bonds is 5. The number of aryl methyl sites for hydroxylation is 2. The lowest BCUT2D eigenvalue weighted by atomic mass is 10.1. The van der Waals surface area contributed by atoms with Gasteiger partial charge in [0, 0.05) is 0 Å². The van der Waals surface area contributed by atoms with Gasteiger partial charge in [-0.25, -0.2) is 0 Å². The van der Waals surface area contributed by atoms with Crippen LogP contribution in [0.1, 0.15) is 17.0 Å². The fourth-order valence-electron chi connectivity index (χ4n) is 2.73. The summed E-state index contributed by atoms with van der Waals surface area (Å²) in [4.78, 5) is 0. The summed E-state index contributed by atoms with van der Waals surface area (Å²) in [5, 5.41) is 21.5. The highest BCUT2D eigenvalue weighted by Crippen LogP contribution is 2.29. The molecule has 0 fully saturated rings. The first-order valence-corrected chi connectivity index (χ1v) is 9.55. The first-order valence-electron chi connectivity index (χ1n) is 8.18. The third-order valence-corrected chi connectivity index (χ3v) is 5.22. The zero-order valence-corrected chi connectivity index (χ0v) is 16.2. The van der Waals surface area contributed by atoms with E-state index in [0.717, 1.165) is 16.8 Å². The van der Waals surface area contributed by atoms with Gasteiger partial charge in [-0.2, -0.15) is 4.68 Å². The van der Waals surface area contributed by atoms with Crippen LogP contribution in [-0.2, 0) is 5.75 Å². The third kappa shape index (κ3) is 3.58. The van der Waals surface area contributed by atoms with Gasteiger partial charge in [0.05, 0.1) is 22.0 Å². The molecular formula is C18H15ClN6OS. The van der Waals surface area contributed by atoms with Crippen LogP contribution in [0.25, 0.3) is 17.1 Å². The Bertz CT molecular complexity index is 1070. The van der Waals surface area contributed by atoms with E-state index in [0.29, 0.717) is 33.3 Å². The second-order valence-corrected chi connectivity index (χ2v) is 7.23. The summed E-state index contributed by atoms with van der Waals surface area (Å²) in [6.07, 6.45) is 0. The molecule has 2 heterocycles. The Labute approximate surface area is 164 Å². The Kier molecular flexibility index (Phi) is 4.91. The number of hydrogen-bond acceptors (Lipinski definition) is 7. The van der Waals surface area contributed by atoms with E-state index in [1.165, 1.54) is 11.8 Å². The molecule has 136 valence electrons. The minimum Gasteiger partial charge on any atom is -0.420 e. The zero-order valence-electron chi connectivity index (χ0n) is 14.6. The number of thioether (sulfide) groups is 1. The molecule has 0 aliphatic carbocycles. The van der Waals surface area contributed by atoms with E-state index in [4.69, 9.17) is 16.0 Å². The van der Waals surface area contributed by atoms with Crippen molar-refractivity contribution in [1.29, 1.82) is 0 Å². The topological polar surface area (TPSA) is 82.5 Å². The molecule has 0 unspecified atom stereocenters. The molecule has 0 atom stereocenters. The molecule has 4 aromatic rings. The number of tetrazole rings is 1. The summed E-state index contributed by atoms with van der Waals surface area (Å²) >= 11 is 7.61. The van der Waals surface area contributed by atoms with E-state index in [2.05, 4.69) is 25.7 Å². The highest BCUT2D eigenvalue weighted by atomic mass is 35.5. The van der Waals surface area contributed by atoms with Gasteiger partial charge in [-0.3, -0.25) is 0 Å². The number of nitrogens with zero attached hydrogens (tertiary/aromatic N) is 6. The van der Waals surface area contributed by atoms with Gasteiger partial charge < -0.3 is 4.42 Å². The molecule has 7 nitrogen and oxygen atoms in total. The van der Waals surface area contributed by atoms with Gasteiger partial charge in [0.25, 0.3) is 0 Å². The Hall–Kier alpha value is -2.71. The number of hydrogen-bond donors (Lipinski definition) is 0. The average molecular weight is 399 g/mol. The molecule has 2 aromatic heterocycles. The summed E-state index contributed by atoms with van der Waals surface area (Å²) in [6.45, 7) is 4.07. The number of aromatic nitrogens is 6. The molecular weight excluding hydrogens is 384 g/mol. The monoisotopic (exact) mass is 398 g/mol. The van der Waals surface area contributed by atoms with Crippen LogP contribution in [0, 0.1) is 13.8 Å². The Morgan fingerprint density at radius 2 is 1.78 bits per heavy atom. The molecule has 0 N–H and O–H groups in total. The molecule has 0 amide bonds. The lowest BCUT2D eigenvalue weighted by Crippen LogP contribution is -2.04. The molecule has 4 rings (SSSR count). The van der Waals surface area contributed by atoms with Crippen molar-refractivity contribution in [3.05, 3.63) is 64.5 Å². The van der Waals surface area contributed by atoms with Crippen LogP contribution in [0.2, 0.25) is 5.02 Å². The van der Waals surface area contributed by atoms with Crippen LogP contribution in [0.15, 0.2) is 52.0 Å². The van der Waals surface area contributed by atoms with Crippen molar-refractivity contribution in [2.45, 2.75) is 24.8 Å². The van der Waals surface area contributed by atoms with Crippen molar-refractivity contribution in [2.24, 2.45) is 0 Å². The van der Waals surface area contributed by atoms with Gasteiger partial charge in [-0.15, -0.1) is 15.3 Å². The van der Waals surface area contributed by atoms with E-state index in [9.17, 15) is 0 Å².